The average Bonchev–Trinajstić information content (AvgIpc) is 2.71. The molecule has 0 saturated carbocycles. The largest absolute Gasteiger partial charge is 0.460 e. The third-order valence-electron chi connectivity index (χ3n) is 4.43. The van der Waals surface area contributed by atoms with E-state index in [0.29, 0.717) is 0 Å². The summed E-state index contributed by atoms with van der Waals surface area (Å²) in [7, 11) is 0. The van der Waals surface area contributed by atoms with E-state index in [1.807, 2.05) is 0 Å². The van der Waals surface area contributed by atoms with Gasteiger partial charge in [-0.15, -0.1) is 0 Å². The molecule has 0 fully saturated rings. The van der Waals surface area contributed by atoms with Gasteiger partial charge in [0, 0.05) is 5.56 Å². The summed E-state index contributed by atoms with van der Waals surface area (Å²) in [5.41, 5.74) is 0.246. The Kier molecular flexibility index (Phi) is 7.75. The molecule has 0 spiro atoms. The summed E-state index contributed by atoms with van der Waals surface area (Å²) < 4.78 is 57.2. The van der Waals surface area contributed by atoms with E-state index in [4.69, 9.17) is 4.74 Å². The molecule has 4 nitrogen and oxygen atoms in total. The molecule has 8 heteroatoms. The summed E-state index contributed by atoms with van der Waals surface area (Å²) in [6.07, 6.45) is 0. The third-order valence-corrected chi connectivity index (χ3v) is 4.43. The van der Waals surface area contributed by atoms with Crippen molar-refractivity contribution in [2.45, 2.75) is 33.2 Å². The fourth-order valence-electron chi connectivity index (χ4n) is 2.55. The number of carbonyl (C=O) groups is 2. The Morgan fingerprint density at radius 2 is 1.59 bits per heavy atom. The van der Waals surface area contributed by atoms with Crippen molar-refractivity contribution in [3.05, 3.63) is 70.3 Å². The minimum atomic E-state index is -1.17. The number of amides is 1. The SMILES string of the molecule is CC(C)C(COC(=O)c1ccc(F)c(F)c1)NC(=O)c1ccc(CF)c(CF)c1. The summed E-state index contributed by atoms with van der Waals surface area (Å²) in [6.45, 7) is 1.63. The Morgan fingerprint density at radius 3 is 2.17 bits per heavy atom. The lowest BCUT2D eigenvalue weighted by atomic mass is 10.0. The molecule has 29 heavy (non-hydrogen) atoms. The fourth-order valence-corrected chi connectivity index (χ4v) is 2.55. The van der Waals surface area contributed by atoms with E-state index in [2.05, 4.69) is 5.32 Å². The molecular formula is C21H21F4NO3. The molecule has 1 unspecified atom stereocenters. The number of esters is 1. The highest BCUT2D eigenvalue weighted by Crippen LogP contribution is 2.16. The molecule has 2 aromatic carbocycles. The summed E-state index contributed by atoms with van der Waals surface area (Å²) in [5, 5.41) is 2.68. The van der Waals surface area contributed by atoms with E-state index < -0.39 is 42.9 Å². The van der Waals surface area contributed by atoms with E-state index >= 15 is 0 Å². The van der Waals surface area contributed by atoms with E-state index in [1.165, 1.54) is 18.2 Å². The van der Waals surface area contributed by atoms with Gasteiger partial charge in [0.25, 0.3) is 5.91 Å². The fraction of sp³-hybridized carbons (Fsp3) is 0.333. The first-order chi connectivity index (χ1) is 13.8. The first-order valence-corrected chi connectivity index (χ1v) is 8.93. The first kappa shape index (κ1) is 22.4. The van der Waals surface area contributed by atoms with Crippen molar-refractivity contribution in [3.8, 4) is 0 Å². The van der Waals surface area contributed by atoms with Gasteiger partial charge in [0.1, 0.15) is 20.0 Å². The van der Waals surface area contributed by atoms with Crippen molar-refractivity contribution < 1.29 is 31.9 Å². The van der Waals surface area contributed by atoms with Crippen LogP contribution in [0.5, 0.6) is 0 Å². The number of rotatable bonds is 8. The van der Waals surface area contributed by atoms with Crippen LogP contribution in [0.2, 0.25) is 0 Å². The molecular weight excluding hydrogens is 390 g/mol. The van der Waals surface area contributed by atoms with Crippen molar-refractivity contribution in [1.82, 2.24) is 5.32 Å². The first-order valence-electron chi connectivity index (χ1n) is 8.93. The van der Waals surface area contributed by atoms with Crippen LogP contribution in [-0.4, -0.2) is 24.5 Å². The number of hydrogen-bond donors (Lipinski definition) is 1. The second kappa shape index (κ2) is 10.0. The molecule has 0 radical (unpaired) electrons. The smallest absolute Gasteiger partial charge is 0.338 e. The van der Waals surface area contributed by atoms with Gasteiger partial charge in [0.2, 0.25) is 0 Å². The molecule has 1 atom stereocenters. The lowest BCUT2D eigenvalue weighted by Gasteiger charge is -2.22. The van der Waals surface area contributed by atoms with Gasteiger partial charge in [-0.3, -0.25) is 4.79 Å². The molecule has 1 amide bonds. The quantitative estimate of drug-likeness (QED) is 0.514. The molecule has 156 valence electrons. The van der Waals surface area contributed by atoms with Crippen LogP contribution in [0.4, 0.5) is 17.6 Å². The Morgan fingerprint density at radius 1 is 0.931 bits per heavy atom. The van der Waals surface area contributed by atoms with E-state index in [0.717, 1.165) is 18.2 Å². The minimum Gasteiger partial charge on any atom is -0.460 e. The molecule has 2 rings (SSSR count). The predicted molar refractivity (Wildman–Crippen MR) is 98.8 cm³/mol. The molecule has 0 aromatic heterocycles. The van der Waals surface area contributed by atoms with E-state index in [9.17, 15) is 27.2 Å². The van der Waals surface area contributed by atoms with Gasteiger partial charge in [-0.25, -0.2) is 22.4 Å². The van der Waals surface area contributed by atoms with Crippen molar-refractivity contribution in [3.63, 3.8) is 0 Å². The standard InChI is InChI=1S/C21H21F4NO3/c1-12(2)19(11-29-21(28)14-5-6-17(24)18(25)8-14)26-20(27)13-3-4-15(9-22)16(7-13)10-23/h3-8,12,19H,9-11H2,1-2H3,(H,26,27). The molecule has 0 saturated heterocycles. The molecule has 0 aliphatic carbocycles. The second-order valence-electron chi connectivity index (χ2n) is 6.80. The van der Waals surface area contributed by atoms with Crippen molar-refractivity contribution in [2.24, 2.45) is 5.92 Å². The normalized spacial score (nSPS) is 12.0. The lowest BCUT2D eigenvalue weighted by Crippen LogP contribution is -2.42. The summed E-state index contributed by atoms with van der Waals surface area (Å²) in [5.74, 6) is -3.79. The maximum Gasteiger partial charge on any atom is 0.338 e. The van der Waals surface area contributed by atoms with E-state index in [1.54, 1.807) is 13.8 Å². The van der Waals surface area contributed by atoms with Gasteiger partial charge in [-0.1, -0.05) is 19.9 Å². The summed E-state index contributed by atoms with van der Waals surface area (Å²) in [6, 6.07) is 6.05. The monoisotopic (exact) mass is 411 g/mol. The topological polar surface area (TPSA) is 55.4 Å². The third kappa shape index (κ3) is 5.79. The highest BCUT2D eigenvalue weighted by Gasteiger charge is 2.21. The van der Waals surface area contributed by atoms with Crippen LogP contribution in [0.3, 0.4) is 0 Å². The number of hydrogen-bond acceptors (Lipinski definition) is 3. The van der Waals surface area contributed by atoms with Crippen molar-refractivity contribution in [1.29, 1.82) is 0 Å². The van der Waals surface area contributed by atoms with Gasteiger partial charge in [-0.05, 0) is 47.4 Å². The number of nitrogens with one attached hydrogen (secondary N) is 1. The van der Waals surface area contributed by atoms with Crippen LogP contribution in [0.25, 0.3) is 0 Å². The Hall–Kier alpha value is -2.90. The van der Waals surface area contributed by atoms with Gasteiger partial charge in [-0.2, -0.15) is 0 Å². The summed E-state index contributed by atoms with van der Waals surface area (Å²) >= 11 is 0. The molecule has 0 heterocycles. The van der Waals surface area contributed by atoms with E-state index in [-0.39, 0.29) is 34.8 Å². The van der Waals surface area contributed by atoms with Gasteiger partial charge in [0.05, 0.1) is 11.6 Å². The van der Waals surface area contributed by atoms with Gasteiger partial charge >= 0.3 is 5.97 Å². The lowest BCUT2D eigenvalue weighted by molar-refractivity contribution is 0.0430. The van der Waals surface area contributed by atoms with Crippen LogP contribution in [-0.2, 0) is 18.1 Å². The second-order valence-corrected chi connectivity index (χ2v) is 6.80. The Bertz CT molecular complexity index is 886. The number of ether oxygens (including phenoxy) is 1. The van der Waals surface area contributed by atoms with Crippen LogP contribution < -0.4 is 5.32 Å². The van der Waals surface area contributed by atoms with Crippen molar-refractivity contribution in [2.75, 3.05) is 6.61 Å². The van der Waals surface area contributed by atoms with Crippen LogP contribution in [0, 0.1) is 17.6 Å². The van der Waals surface area contributed by atoms with Crippen molar-refractivity contribution >= 4 is 11.9 Å². The molecule has 0 aliphatic heterocycles. The zero-order chi connectivity index (χ0) is 21.6. The van der Waals surface area contributed by atoms with Crippen LogP contribution >= 0.6 is 0 Å². The zero-order valence-electron chi connectivity index (χ0n) is 16.0. The number of alkyl halides is 2. The maximum absolute atomic E-state index is 13.3. The van der Waals surface area contributed by atoms with Crippen LogP contribution in [0.1, 0.15) is 45.7 Å². The number of halogens is 4. The number of carbonyl (C=O) groups excluding carboxylic acids is 2. The summed E-state index contributed by atoms with van der Waals surface area (Å²) in [4.78, 5) is 24.5. The zero-order valence-corrected chi connectivity index (χ0v) is 16.0. The minimum absolute atomic E-state index is 0.0889. The Labute approximate surface area is 165 Å². The van der Waals surface area contributed by atoms with Crippen LogP contribution in [0.15, 0.2) is 36.4 Å². The van der Waals surface area contributed by atoms with Gasteiger partial charge in [0.15, 0.2) is 11.6 Å². The predicted octanol–water partition coefficient (Wildman–Crippen LogP) is 4.52. The Balaban J connectivity index is 2.05. The molecule has 0 bridgehead atoms. The molecule has 2 aromatic rings. The maximum atomic E-state index is 13.3. The molecule has 0 aliphatic rings. The highest BCUT2D eigenvalue weighted by atomic mass is 19.2. The highest BCUT2D eigenvalue weighted by molar-refractivity contribution is 5.94. The molecule has 1 N–H and O–H groups in total. The number of benzene rings is 2. The average molecular weight is 411 g/mol. The van der Waals surface area contributed by atoms with Gasteiger partial charge < -0.3 is 10.1 Å².